The Labute approximate surface area is 160 Å². The van der Waals surface area contributed by atoms with Crippen molar-refractivity contribution in [3.05, 3.63) is 22.4 Å². The Hall–Kier alpha value is -0.960. The summed E-state index contributed by atoms with van der Waals surface area (Å²) in [5.41, 5.74) is 0. The number of nitrogens with zero attached hydrogens (tertiary/aromatic N) is 2. The van der Waals surface area contributed by atoms with Crippen LogP contribution in [0.4, 0.5) is 0 Å². The Balaban J connectivity index is 1.64. The van der Waals surface area contributed by atoms with Gasteiger partial charge in [0, 0.05) is 37.2 Å². The molecule has 0 aromatic carbocycles. The van der Waals surface area contributed by atoms with E-state index in [0.717, 1.165) is 32.5 Å². The molecule has 6 nitrogen and oxygen atoms in total. The van der Waals surface area contributed by atoms with Crippen LogP contribution in [0, 0.1) is 0 Å². The molecule has 1 aromatic rings. The third kappa shape index (κ3) is 5.28. The molecule has 1 amide bonds. The van der Waals surface area contributed by atoms with Crippen LogP contribution in [0.25, 0.3) is 0 Å². The molecule has 26 heavy (non-hydrogen) atoms. The van der Waals surface area contributed by atoms with E-state index in [4.69, 9.17) is 4.74 Å². The maximum Gasteiger partial charge on any atom is 0.237 e. The van der Waals surface area contributed by atoms with E-state index in [-0.39, 0.29) is 29.6 Å². The van der Waals surface area contributed by atoms with Crippen molar-refractivity contribution in [1.29, 1.82) is 0 Å². The molecule has 8 heteroatoms. The van der Waals surface area contributed by atoms with Crippen molar-refractivity contribution >= 4 is 27.1 Å². The third-order valence-corrected chi connectivity index (χ3v) is 7.73. The molecule has 0 spiro atoms. The number of ether oxygens (including phenoxy) is 1. The Morgan fingerprint density at radius 1 is 1.38 bits per heavy atom. The molecule has 0 saturated carbocycles. The highest BCUT2D eigenvalue weighted by Gasteiger charge is 2.34. The molecule has 2 fully saturated rings. The number of carbonyl (C=O) groups excluding carboxylic acids is 1. The summed E-state index contributed by atoms with van der Waals surface area (Å²) in [6.45, 7) is 5.04. The molecule has 0 bridgehead atoms. The van der Waals surface area contributed by atoms with Crippen molar-refractivity contribution in [2.75, 3.05) is 37.7 Å². The second-order valence-electron chi connectivity index (χ2n) is 7.12. The number of hydrogen-bond donors (Lipinski definition) is 0. The summed E-state index contributed by atoms with van der Waals surface area (Å²) >= 11 is 1.69. The maximum absolute atomic E-state index is 12.9. The molecule has 3 rings (SSSR count). The summed E-state index contributed by atoms with van der Waals surface area (Å²) < 4.78 is 29.3. The molecule has 146 valence electrons. The van der Waals surface area contributed by atoms with Crippen LogP contribution in [0.1, 0.15) is 31.1 Å². The van der Waals surface area contributed by atoms with E-state index in [1.54, 1.807) is 16.2 Å². The lowest BCUT2D eigenvalue weighted by atomic mass is 10.2. The highest BCUT2D eigenvalue weighted by Crippen LogP contribution is 2.20. The fourth-order valence-electron chi connectivity index (χ4n) is 3.83. The molecule has 1 aromatic heterocycles. The lowest BCUT2D eigenvalue weighted by Crippen LogP contribution is -2.47. The number of thiophene rings is 1. The van der Waals surface area contributed by atoms with Crippen LogP contribution < -0.4 is 0 Å². The van der Waals surface area contributed by atoms with Gasteiger partial charge in [-0.05, 0) is 37.6 Å². The number of rotatable bonds is 8. The Bertz CT molecular complexity index is 684. The zero-order chi connectivity index (χ0) is 18.6. The molecular formula is C18H28N2O4S2. The quantitative estimate of drug-likeness (QED) is 0.665. The van der Waals surface area contributed by atoms with Crippen molar-refractivity contribution in [3.63, 3.8) is 0 Å². The Kier molecular flexibility index (Phi) is 6.71. The van der Waals surface area contributed by atoms with Crippen LogP contribution in [-0.4, -0.2) is 74.0 Å². The number of likely N-dealkylation sites (N-methyl/N-ethyl adjacent to an activating group) is 1. The first-order chi connectivity index (χ1) is 12.5. The highest BCUT2D eigenvalue weighted by atomic mass is 32.2. The normalized spacial score (nSPS) is 25.0. The number of amides is 1. The van der Waals surface area contributed by atoms with Gasteiger partial charge in [0.15, 0.2) is 9.84 Å². The molecule has 3 heterocycles. The first kappa shape index (κ1) is 19.8. The first-order valence-electron chi connectivity index (χ1n) is 9.33. The van der Waals surface area contributed by atoms with E-state index < -0.39 is 9.84 Å². The van der Waals surface area contributed by atoms with Gasteiger partial charge in [0.2, 0.25) is 5.91 Å². The minimum absolute atomic E-state index is 0.0177. The van der Waals surface area contributed by atoms with Crippen molar-refractivity contribution in [3.8, 4) is 0 Å². The Morgan fingerprint density at radius 3 is 2.81 bits per heavy atom. The lowest BCUT2D eigenvalue weighted by Gasteiger charge is -2.31. The molecular weight excluding hydrogens is 372 g/mol. The van der Waals surface area contributed by atoms with Crippen molar-refractivity contribution in [2.45, 2.75) is 44.9 Å². The largest absolute Gasteiger partial charge is 0.377 e. The first-order valence-corrected chi connectivity index (χ1v) is 12.0. The average molecular weight is 401 g/mol. The van der Waals surface area contributed by atoms with Crippen LogP contribution in [0.2, 0.25) is 0 Å². The fraction of sp³-hybridized carbons (Fsp3) is 0.722. The van der Waals surface area contributed by atoms with E-state index in [9.17, 15) is 13.2 Å². The monoisotopic (exact) mass is 400 g/mol. The molecule has 2 unspecified atom stereocenters. The van der Waals surface area contributed by atoms with Gasteiger partial charge in [-0.2, -0.15) is 0 Å². The molecule has 0 radical (unpaired) electrons. The van der Waals surface area contributed by atoms with E-state index in [1.165, 1.54) is 4.88 Å². The fourth-order valence-corrected chi connectivity index (χ4v) is 6.30. The topological polar surface area (TPSA) is 66.9 Å². The lowest BCUT2D eigenvalue weighted by molar-refractivity contribution is -0.134. The van der Waals surface area contributed by atoms with Crippen molar-refractivity contribution in [1.82, 2.24) is 9.80 Å². The summed E-state index contributed by atoms with van der Waals surface area (Å²) in [6.07, 6.45) is 2.85. The van der Waals surface area contributed by atoms with Crippen LogP contribution in [0.15, 0.2) is 17.5 Å². The predicted molar refractivity (Wildman–Crippen MR) is 103 cm³/mol. The Morgan fingerprint density at radius 2 is 2.23 bits per heavy atom. The summed E-state index contributed by atoms with van der Waals surface area (Å²) in [4.78, 5) is 18.1. The predicted octanol–water partition coefficient (Wildman–Crippen LogP) is 1.76. The van der Waals surface area contributed by atoms with Gasteiger partial charge in [0.05, 0.1) is 24.2 Å². The molecule has 2 aliphatic rings. The van der Waals surface area contributed by atoms with Gasteiger partial charge in [-0.15, -0.1) is 11.3 Å². The highest BCUT2D eigenvalue weighted by molar-refractivity contribution is 7.91. The minimum Gasteiger partial charge on any atom is -0.377 e. The van der Waals surface area contributed by atoms with E-state index >= 15 is 0 Å². The standard InChI is InChI=1S/C18H28N2O4S2/c1-2-20(15-7-10-26(22,23)14-15)18(21)13-19(11-16-5-3-8-24-16)12-17-6-4-9-25-17/h4,6,9,15-16H,2-3,5,7-8,10-14H2,1H3. The summed E-state index contributed by atoms with van der Waals surface area (Å²) in [7, 11) is -3.00. The van der Waals surface area contributed by atoms with Gasteiger partial charge in [-0.25, -0.2) is 8.42 Å². The summed E-state index contributed by atoms with van der Waals surface area (Å²) in [5, 5.41) is 2.04. The van der Waals surface area contributed by atoms with E-state index in [0.29, 0.717) is 19.5 Å². The van der Waals surface area contributed by atoms with Gasteiger partial charge in [0.25, 0.3) is 0 Å². The summed E-state index contributed by atoms with van der Waals surface area (Å²) in [5.74, 6) is 0.309. The second-order valence-corrected chi connectivity index (χ2v) is 10.4. The van der Waals surface area contributed by atoms with Crippen LogP contribution in [-0.2, 0) is 25.9 Å². The zero-order valence-electron chi connectivity index (χ0n) is 15.3. The average Bonchev–Trinajstić information content (AvgIpc) is 3.31. The van der Waals surface area contributed by atoms with E-state index in [2.05, 4.69) is 11.0 Å². The van der Waals surface area contributed by atoms with E-state index in [1.807, 2.05) is 18.4 Å². The SMILES string of the molecule is CCN(C(=O)CN(Cc1cccs1)CC1CCCO1)C1CCS(=O)(=O)C1. The number of hydrogen-bond acceptors (Lipinski definition) is 6. The van der Waals surface area contributed by atoms with Crippen molar-refractivity contribution < 1.29 is 17.9 Å². The third-order valence-electron chi connectivity index (χ3n) is 5.11. The summed E-state index contributed by atoms with van der Waals surface area (Å²) in [6, 6.07) is 3.93. The maximum atomic E-state index is 12.9. The molecule has 2 saturated heterocycles. The van der Waals surface area contributed by atoms with Gasteiger partial charge < -0.3 is 9.64 Å². The van der Waals surface area contributed by atoms with Gasteiger partial charge in [-0.1, -0.05) is 6.07 Å². The van der Waals surface area contributed by atoms with Gasteiger partial charge >= 0.3 is 0 Å². The number of carbonyl (C=O) groups is 1. The second kappa shape index (κ2) is 8.82. The zero-order valence-corrected chi connectivity index (χ0v) is 16.9. The number of sulfone groups is 1. The van der Waals surface area contributed by atoms with Gasteiger partial charge in [0.1, 0.15) is 0 Å². The van der Waals surface area contributed by atoms with Crippen LogP contribution >= 0.6 is 11.3 Å². The minimum atomic E-state index is -3.00. The molecule has 0 N–H and O–H groups in total. The van der Waals surface area contributed by atoms with Crippen molar-refractivity contribution in [2.24, 2.45) is 0 Å². The molecule has 2 aliphatic heterocycles. The smallest absolute Gasteiger partial charge is 0.237 e. The molecule has 2 atom stereocenters. The van der Waals surface area contributed by atoms with Crippen LogP contribution in [0.5, 0.6) is 0 Å². The van der Waals surface area contributed by atoms with Crippen LogP contribution in [0.3, 0.4) is 0 Å². The van der Waals surface area contributed by atoms with Gasteiger partial charge in [-0.3, -0.25) is 9.69 Å². The molecule has 0 aliphatic carbocycles.